The molecule has 0 aromatic heterocycles. The molecule has 186 valence electrons. The van der Waals surface area contributed by atoms with Crippen molar-refractivity contribution >= 4 is 32.7 Å². The van der Waals surface area contributed by atoms with Crippen LogP contribution in [0.1, 0.15) is 49.7 Å². The number of methoxy groups -OCH3 is 1. The summed E-state index contributed by atoms with van der Waals surface area (Å²) in [6.07, 6.45) is 0. The molecule has 9 heteroatoms. The van der Waals surface area contributed by atoms with Crippen LogP contribution in [0.5, 0.6) is 5.75 Å². The van der Waals surface area contributed by atoms with Gasteiger partial charge in [-0.15, -0.1) is 0 Å². The second-order valence-corrected chi connectivity index (χ2v) is 10.8. The summed E-state index contributed by atoms with van der Waals surface area (Å²) in [6.45, 7) is 6.44. The highest BCUT2D eigenvalue weighted by Gasteiger charge is 2.27. The van der Waals surface area contributed by atoms with Crippen molar-refractivity contribution in [1.82, 2.24) is 10.0 Å². The number of nitrogens with one attached hydrogen (secondary N) is 2. The third kappa shape index (κ3) is 6.58. The maximum absolute atomic E-state index is 12.8. The van der Waals surface area contributed by atoms with Crippen LogP contribution < -0.4 is 14.8 Å². The fourth-order valence-corrected chi connectivity index (χ4v) is 5.29. The van der Waals surface area contributed by atoms with E-state index in [1.807, 2.05) is 49.4 Å². The molecule has 1 atom stereocenters. The molecule has 0 fully saturated rings. The molecule has 3 aromatic rings. The lowest BCUT2D eigenvalue weighted by Crippen LogP contribution is -2.40. The van der Waals surface area contributed by atoms with Gasteiger partial charge in [0.2, 0.25) is 10.0 Å². The van der Waals surface area contributed by atoms with Crippen molar-refractivity contribution in [3.05, 3.63) is 71.8 Å². The molecule has 0 heterocycles. The first-order valence-electron chi connectivity index (χ1n) is 11.1. The maximum Gasteiger partial charge on any atom is 0.338 e. The number of sulfonamides is 1. The molecule has 3 rings (SSSR count). The second kappa shape index (κ2) is 10.5. The van der Waals surface area contributed by atoms with Gasteiger partial charge in [-0.3, -0.25) is 4.79 Å². The molecule has 0 saturated carbocycles. The fraction of sp³-hybridized carbons (Fsp3) is 0.308. The Morgan fingerprint density at radius 2 is 1.69 bits per heavy atom. The number of hydrogen-bond acceptors (Lipinski definition) is 6. The smallest absolute Gasteiger partial charge is 0.338 e. The SMILES string of the molecule is COc1ccc(C(=O)OCC(=O)NC(C)c2cccc3ccccc23)cc1S(=O)(=O)NC(C)(C)C. The van der Waals surface area contributed by atoms with E-state index in [0.29, 0.717) is 0 Å². The van der Waals surface area contributed by atoms with Gasteiger partial charge >= 0.3 is 5.97 Å². The van der Waals surface area contributed by atoms with Gasteiger partial charge in [-0.05, 0) is 62.2 Å². The molecule has 0 aliphatic rings. The highest BCUT2D eigenvalue weighted by atomic mass is 32.2. The monoisotopic (exact) mass is 498 g/mol. The van der Waals surface area contributed by atoms with E-state index < -0.39 is 34.0 Å². The summed E-state index contributed by atoms with van der Waals surface area (Å²) in [5.41, 5.74) is 0.188. The lowest BCUT2D eigenvalue weighted by Gasteiger charge is -2.21. The number of amides is 1. The molecule has 0 radical (unpaired) electrons. The Morgan fingerprint density at radius 3 is 2.37 bits per heavy atom. The van der Waals surface area contributed by atoms with E-state index in [4.69, 9.17) is 9.47 Å². The minimum Gasteiger partial charge on any atom is -0.495 e. The Hall–Kier alpha value is -3.43. The summed E-state index contributed by atoms with van der Waals surface area (Å²) in [4.78, 5) is 24.9. The van der Waals surface area contributed by atoms with E-state index >= 15 is 0 Å². The highest BCUT2D eigenvalue weighted by molar-refractivity contribution is 7.89. The molecule has 2 N–H and O–H groups in total. The summed E-state index contributed by atoms with van der Waals surface area (Å²) in [5, 5.41) is 4.92. The zero-order valence-corrected chi connectivity index (χ0v) is 21.2. The Balaban J connectivity index is 1.69. The number of carbonyl (C=O) groups is 2. The molecule has 1 amide bonds. The van der Waals surface area contributed by atoms with Crippen LogP contribution >= 0.6 is 0 Å². The van der Waals surface area contributed by atoms with Crippen molar-refractivity contribution in [2.75, 3.05) is 13.7 Å². The minimum absolute atomic E-state index is 0.0185. The molecule has 0 spiro atoms. The Labute approximate surface area is 205 Å². The van der Waals surface area contributed by atoms with Gasteiger partial charge in [0.05, 0.1) is 18.7 Å². The summed E-state index contributed by atoms with van der Waals surface area (Å²) >= 11 is 0. The molecule has 0 bridgehead atoms. The van der Waals surface area contributed by atoms with Crippen molar-refractivity contribution in [1.29, 1.82) is 0 Å². The quantitative estimate of drug-likeness (QED) is 0.455. The zero-order valence-electron chi connectivity index (χ0n) is 20.4. The van der Waals surface area contributed by atoms with E-state index in [2.05, 4.69) is 10.0 Å². The van der Waals surface area contributed by atoms with Gasteiger partial charge in [-0.25, -0.2) is 17.9 Å². The van der Waals surface area contributed by atoms with Gasteiger partial charge in [-0.2, -0.15) is 0 Å². The van der Waals surface area contributed by atoms with Crippen LogP contribution in [-0.2, 0) is 19.6 Å². The van der Waals surface area contributed by atoms with Crippen LogP contribution in [0.15, 0.2) is 65.6 Å². The Morgan fingerprint density at radius 1 is 1.00 bits per heavy atom. The molecule has 0 saturated heterocycles. The Bertz CT molecular complexity index is 1340. The van der Waals surface area contributed by atoms with Crippen molar-refractivity contribution in [3.8, 4) is 5.75 Å². The molecular formula is C26H30N2O6S. The first-order valence-corrected chi connectivity index (χ1v) is 12.6. The van der Waals surface area contributed by atoms with E-state index in [9.17, 15) is 18.0 Å². The molecule has 3 aromatic carbocycles. The third-order valence-electron chi connectivity index (χ3n) is 5.13. The number of rotatable bonds is 8. The maximum atomic E-state index is 12.8. The third-order valence-corrected chi connectivity index (χ3v) is 6.91. The summed E-state index contributed by atoms with van der Waals surface area (Å²) < 4.78 is 38.5. The highest BCUT2D eigenvalue weighted by Crippen LogP contribution is 2.27. The average Bonchev–Trinajstić information content (AvgIpc) is 2.80. The number of ether oxygens (including phenoxy) is 2. The standard InChI is InChI=1S/C26H30N2O6S/c1-17(20-12-8-10-18-9-6-7-11-21(18)20)27-24(29)16-34-25(30)19-13-14-22(33-5)23(15-19)35(31,32)28-26(2,3)4/h6-15,17,28H,16H2,1-5H3,(H,27,29). The van der Waals surface area contributed by atoms with Gasteiger partial charge < -0.3 is 14.8 Å². The summed E-state index contributed by atoms with van der Waals surface area (Å²) in [5.74, 6) is -1.22. The minimum atomic E-state index is -3.97. The molecular weight excluding hydrogens is 468 g/mol. The topological polar surface area (TPSA) is 111 Å². The van der Waals surface area contributed by atoms with Crippen LogP contribution in [0.4, 0.5) is 0 Å². The van der Waals surface area contributed by atoms with Gasteiger partial charge in [0, 0.05) is 5.54 Å². The van der Waals surface area contributed by atoms with Crippen LogP contribution in [0.25, 0.3) is 10.8 Å². The van der Waals surface area contributed by atoms with E-state index in [1.54, 1.807) is 20.8 Å². The average molecular weight is 499 g/mol. The zero-order chi connectivity index (χ0) is 25.8. The van der Waals surface area contributed by atoms with Gasteiger partial charge in [0.15, 0.2) is 6.61 Å². The van der Waals surface area contributed by atoms with Crippen LogP contribution in [-0.4, -0.2) is 39.5 Å². The number of benzene rings is 3. The molecule has 0 aliphatic carbocycles. The number of carbonyl (C=O) groups excluding carboxylic acids is 2. The normalized spacial score (nSPS) is 12.7. The second-order valence-electron chi connectivity index (χ2n) is 9.15. The summed E-state index contributed by atoms with van der Waals surface area (Å²) in [6, 6.07) is 17.3. The van der Waals surface area contributed by atoms with Gasteiger partial charge in [0.1, 0.15) is 10.6 Å². The fourth-order valence-electron chi connectivity index (χ4n) is 3.68. The Kier molecular flexibility index (Phi) is 7.82. The van der Waals surface area contributed by atoms with Gasteiger partial charge in [0.25, 0.3) is 5.91 Å². The molecule has 0 aliphatic heterocycles. The molecule has 35 heavy (non-hydrogen) atoms. The van der Waals surface area contributed by atoms with Crippen LogP contribution in [0.2, 0.25) is 0 Å². The molecule has 1 unspecified atom stereocenters. The van der Waals surface area contributed by atoms with Crippen molar-refractivity contribution in [2.24, 2.45) is 0 Å². The summed E-state index contributed by atoms with van der Waals surface area (Å²) in [7, 11) is -2.64. The lowest BCUT2D eigenvalue weighted by atomic mass is 10.00. The first kappa shape index (κ1) is 26.2. The van der Waals surface area contributed by atoms with Gasteiger partial charge in [-0.1, -0.05) is 42.5 Å². The van der Waals surface area contributed by atoms with Crippen LogP contribution in [0, 0.1) is 0 Å². The van der Waals surface area contributed by atoms with Crippen molar-refractivity contribution < 1.29 is 27.5 Å². The predicted molar refractivity (Wildman–Crippen MR) is 134 cm³/mol. The van der Waals surface area contributed by atoms with E-state index in [0.717, 1.165) is 16.3 Å². The van der Waals surface area contributed by atoms with Crippen molar-refractivity contribution in [3.63, 3.8) is 0 Å². The number of esters is 1. The van der Waals surface area contributed by atoms with Crippen molar-refractivity contribution in [2.45, 2.75) is 44.2 Å². The largest absolute Gasteiger partial charge is 0.495 e. The number of fused-ring (bicyclic) bond motifs is 1. The number of hydrogen-bond donors (Lipinski definition) is 2. The molecule has 8 nitrogen and oxygen atoms in total. The lowest BCUT2D eigenvalue weighted by molar-refractivity contribution is -0.124. The van der Waals surface area contributed by atoms with E-state index in [1.165, 1.54) is 25.3 Å². The van der Waals surface area contributed by atoms with E-state index in [-0.39, 0.29) is 22.3 Å². The van der Waals surface area contributed by atoms with Crippen LogP contribution in [0.3, 0.4) is 0 Å². The predicted octanol–water partition coefficient (Wildman–Crippen LogP) is 3.96. The first-order chi connectivity index (χ1) is 16.4.